The molecule has 2 aromatic rings. The normalized spacial score (nSPS) is 10.2. The van der Waals surface area contributed by atoms with Gasteiger partial charge in [-0.1, -0.05) is 23.7 Å². The number of carbonyl (C=O) groups excluding carboxylic acids is 1. The summed E-state index contributed by atoms with van der Waals surface area (Å²) in [4.78, 5) is 11.5. The fraction of sp³-hybridized carbons (Fsp3) is 0.133. The van der Waals surface area contributed by atoms with Gasteiger partial charge in [0.05, 0.1) is 16.2 Å². The van der Waals surface area contributed by atoms with Gasteiger partial charge in [0.1, 0.15) is 12.4 Å². The quantitative estimate of drug-likeness (QED) is 0.565. The van der Waals surface area contributed by atoms with Crippen molar-refractivity contribution < 1.29 is 14.3 Å². The van der Waals surface area contributed by atoms with Crippen LogP contribution < -0.4 is 4.74 Å². The minimum Gasteiger partial charge on any atom is -0.488 e. The van der Waals surface area contributed by atoms with E-state index in [0.717, 1.165) is 14.9 Å². The summed E-state index contributed by atoms with van der Waals surface area (Å²) < 4.78 is 11.4. The number of benzene rings is 2. The van der Waals surface area contributed by atoms with Crippen molar-refractivity contribution in [2.45, 2.75) is 6.61 Å². The molecule has 5 heteroatoms. The van der Waals surface area contributed by atoms with E-state index in [9.17, 15) is 4.79 Å². The van der Waals surface area contributed by atoms with Crippen molar-refractivity contribution in [1.29, 1.82) is 0 Å². The fourth-order valence-corrected chi connectivity index (χ4v) is 2.69. The van der Waals surface area contributed by atoms with Crippen LogP contribution in [0.2, 0.25) is 5.02 Å². The van der Waals surface area contributed by atoms with Gasteiger partial charge < -0.3 is 9.47 Å². The average Bonchev–Trinajstić information content (AvgIpc) is 2.46. The lowest BCUT2D eigenvalue weighted by atomic mass is 10.1. The van der Waals surface area contributed by atoms with E-state index in [1.54, 1.807) is 24.3 Å². The predicted molar refractivity (Wildman–Crippen MR) is 86.3 cm³/mol. The number of carbonyl (C=O) groups is 1. The van der Waals surface area contributed by atoms with Crippen LogP contribution in [0.15, 0.2) is 42.5 Å². The van der Waals surface area contributed by atoms with Gasteiger partial charge in [0.25, 0.3) is 0 Å². The molecule has 2 rings (SSSR count). The van der Waals surface area contributed by atoms with Crippen LogP contribution >= 0.6 is 34.2 Å². The molecule has 0 unspecified atom stereocenters. The third-order valence-electron chi connectivity index (χ3n) is 2.64. The Kier molecular flexibility index (Phi) is 5.25. The van der Waals surface area contributed by atoms with Crippen LogP contribution in [0.5, 0.6) is 5.75 Å². The molecule has 0 aromatic heterocycles. The molecule has 104 valence electrons. The minimum atomic E-state index is -0.354. The molecule has 0 radical (unpaired) electrons. The Morgan fingerprint density at radius 3 is 2.75 bits per heavy atom. The second kappa shape index (κ2) is 6.95. The molecule has 0 N–H and O–H groups in total. The van der Waals surface area contributed by atoms with E-state index in [-0.39, 0.29) is 5.97 Å². The van der Waals surface area contributed by atoms with E-state index in [4.69, 9.17) is 21.1 Å². The number of hydrogen-bond acceptors (Lipinski definition) is 3. The van der Waals surface area contributed by atoms with Gasteiger partial charge in [0.2, 0.25) is 0 Å². The van der Waals surface area contributed by atoms with E-state index < -0.39 is 0 Å². The van der Waals surface area contributed by atoms with Gasteiger partial charge in [-0.2, -0.15) is 0 Å². The molecule has 0 bridgehead atoms. The van der Waals surface area contributed by atoms with Crippen molar-refractivity contribution in [2.75, 3.05) is 7.11 Å². The minimum absolute atomic E-state index is 0.354. The lowest BCUT2D eigenvalue weighted by Crippen LogP contribution is -2.03. The molecule has 0 spiro atoms. The highest BCUT2D eigenvalue weighted by Crippen LogP contribution is 2.25. The highest BCUT2D eigenvalue weighted by atomic mass is 127. The summed E-state index contributed by atoms with van der Waals surface area (Å²) in [6.45, 7) is 0.377. The zero-order valence-corrected chi connectivity index (χ0v) is 13.6. The lowest BCUT2D eigenvalue weighted by Gasteiger charge is -2.09. The van der Waals surface area contributed by atoms with Gasteiger partial charge in [0, 0.05) is 5.02 Å². The van der Waals surface area contributed by atoms with E-state index in [0.29, 0.717) is 17.2 Å². The third-order valence-corrected chi connectivity index (χ3v) is 3.71. The molecule has 0 aliphatic heterocycles. The van der Waals surface area contributed by atoms with Crippen molar-refractivity contribution >= 4 is 40.2 Å². The lowest BCUT2D eigenvalue weighted by molar-refractivity contribution is 0.0600. The first-order chi connectivity index (χ1) is 9.60. The summed E-state index contributed by atoms with van der Waals surface area (Å²) in [5, 5.41) is 0.675. The summed E-state index contributed by atoms with van der Waals surface area (Å²) >= 11 is 8.06. The van der Waals surface area contributed by atoms with Gasteiger partial charge in [-0.05, 0) is 58.5 Å². The van der Waals surface area contributed by atoms with Crippen molar-refractivity contribution in [3.63, 3.8) is 0 Å². The maximum absolute atomic E-state index is 11.5. The summed E-state index contributed by atoms with van der Waals surface area (Å²) in [5.41, 5.74) is 1.41. The molecule has 0 heterocycles. The van der Waals surface area contributed by atoms with Gasteiger partial charge >= 0.3 is 5.97 Å². The Hall–Kier alpha value is -1.27. The zero-order valence-electron chi connectivity index (χ0n) is 10.7. The first-order valence-corrected chi connectivity index (χ1v) is 7.31. The van der Waals surface area contributed by atoms with Crippen LogP contribution in [0.1, 0.15) is 15.9 Å². The third kappa shape index (κ3) is 3.86. The molecular formula is C15H12ClIO3. The van der Waals surface area contributed by atoms with Crippen molar-refractivity contribution in [2.24, 2.45) is 0 Å². The zero-order chi connectivity index (χ0) is 14.5. The van der Waals surface area contributed by atoms with Gasteiger partial charge in [-0.25, -0.2) is 4.79 Å². The molecule has 0 aliphatic rings. The summed E-state index contributed by atoms with van der Waals surface area (Å²) in [6.07, 6.45) is 0. The fourth-order valence-electron chi connectivity index (χ4n) is 1.66. The highest BCUT2D eigenvalue weighted by Gasteiger charge is 2.07. The summed E-state index contributed by atoms with van der Waals surface area (Å²) in [5.74, 6) is 0.409. The molecule has 0 fully saturated rings. The standard InChI is InChI=1S/C15H12ClIO3/c1-19-15(18)11-4-2-3-10(7-11)9-20-14-6-5-12(16)8-13(14)17/h2-8H,9H2,1H3. The molecule has 0 aliphatic carbocycles. The molecule has 0 saturated heterocycles. The Bertz CT molecular complexity index is 628. The Balaban J connectivity index is 2.09. The number of rotatable bonds is 4. The molecule has 0 atom stereocenters. The maximum Gasteiger partial charge on any atom is 0.337 e. The number of halogens is 2. The maximum atomic E-state index is 11.5. The van der Waals surface area contributed by atoms with E-state index in [1.165, 1.54) is 7.11 Å². The van der Waals surface area contributed by atoms with Gasteiger partial charge in [-0.15, -0.1) is 0 Å². The molecule has 3 nitrogen and oxygen atoms in total. The summed E-state index contributed by atoms with van der Waals surface area (Å²) in [7, 11) is 1.36. The first-order valence-electron chi connectivity index (χ1n) is 5.85. The van der Waals surface area contributed by atoms with E-state index in [2.05, 4.69) is 22.6 Å². The predicted octanol–water partition coefficient (Wildman–Crippen LogP) is 4.31. The number of hydrogen-bond donors (Lipinski definition) is 0. The summed E-state index contributed by atoms with van der Waals surface area (Å²) in [6, 6.07) is 12.6. The van der Waals surface area contributed by atoms with Crippen LogP contribution in [0, 0.1) is 3.57 Å². The topological polar surface area (TPSA) is 35.5 Å². The smallest absolute Gasteiger partial charge is 0.337 e. The monoisotopic (exact) mass is 402 g/mol. The Labute approximate surface area is 136 Å². The Morgan fingerprint density at radius 2 is 2.05 bits per heavy atom. The molecule has 0 amide bonds. The van der Waals surface area contributed by atoms with Crippen LogP contribution in [-0.2, 0) is 11.3 Å². The molecular weight excluding hydrogens is 391 g/mol. The molecule has 20 heavy (non-hydrogen) atoms. The van der Waals surface area contributed by atoms with Crippen molar-refractivity contribution in [3.8, 4) is 5.75 Å². The number of methoxy groups -OCH3 is 1. The first kappa shape index (κ1) is 15.1. The highest BCUT2D eigenvalue weighted by molar-refractivity contribution is 14.1. The van der Waals surface area contributed by atoms with Crippen LogP contribution in [0.3, 0.4) is 0 Å². The second-order valence-electron chi connectivity index (χ2n) is 4.06. The van der Waals surface area contributed by atoms with Gasteiger partial charge in [-0.3, -0.25) is 0 Å². The number of esters is 1. The van der Waals surface area contributed by atoms with E-state index >= 15 is 0 Å². The molecule has 2 aromatic carbocycles. The molecule has 0 saturated carbocycles. The Morgan fingerprint density at radius 1 is 1.25 bits per heavy atom. The van der Waals surface area contributed by atoms with E-state index in [1.807, 2.05) is 18.2 Å². The van der Waals surface area contributed by atoms with Crippen LogP contribution in [-0.4, -0.2) is 13.1 Å². The number of ether oxygens (including phenoxy) is 2. The van der Waals surface area contributed by atoms with Crippen molar-refractivity contribution in [3.05, 3.63) is 62.2 Å². The largest absolute Gasteiger partial charge is 0.488 e. The van der Waals surface area contributed by atoms with Gasteiger partial charge in [0.15, 0.2) is 0 Å². The second-order valence-corrected chi connectivity index (χ2v) is 5.65. The van der Waals surface area contributed by atoms with Crippen molar-refractivity contribution in [1.82, 2.24) is 0 Å². The SMILES string of the molecule is COC(=O)c1cccc(COc2ccc(Cl)cc2I)c1. The van der Waals surface area contributed by atoms with Crippen LogP contribution in [0.25, 0.3) is 0 Å². The average molecular weight is 403 g/mol. The van der Waals surface area contributed by atoms with Crippen LogP contribution in [0.4, 0.5) is 0 Å².